The van der Waals surface area contributed by atoms with Crippen LogP contribution < -0.4 is 4.90 Å². The summed E-state index contributed by atoms with van der Waals surface area (Å²) in [6.07, 6.45) is 6.08. The third-order valence-corrected chi connectivity index (χ3v) is 4.56. The average Bonchev–Trinajstić information content (AvgIpc) is 3.01. The lowest BCUT2D eigenvalue weighted by Gasteiger charge is -2.34. The predicted molar refractivity (Wildman–Crippen MR) is 88.6 cm³/mol. The summed E-state index contributed by atoms with van der Waals surface area (Å²) >= 11 is 0. The van der Waals surface area contributed by atoms with Crippen molar-refractivity contribution in [2.45, 2.75) is 25.7 Å². The summed E-state index contributed by atoms with van der Waals surface area (Å²) in [5.74, 6) is 0.544. The van der Waals surface area contributed by atoms with Crippen molar-refractivity contribution in [3.05, 3.63) is 47.3 Å². The predicted octanol–water partition coefficient (Wildman–Crippen LogP) is 2.88. The first-order chi connectivity index (χ1) is 11.1. The zero-order chi connectivity index (χ0) is 16.4. The zero-order valence-electron chi connectivity index (χ0n) is 13.5. The Bertz CT molecular complexity index is 764. The van der Waals surface area contributed by atoms with Gasteiger partial charge < -0.3 is 4.90 Å². The molecule has 5 heteroatoms. The highest BCUT2D eigenvalue weighted by molar-refractivity contribution is 5.95. The van der Waals surface area contributed by atoms with Gasteiger partial charge in [0.1, 0.15) is 6.07 Å². The molecule has 118 valence electrons. The number of rotatable bonds is 3. The maximum absolute atomic E-state index is 11.6. The Balaban J connectivity index is 1.78. The number of carbonyl (C=O) groups is 1. The minimum Gasteiger partial charge on any atom is -0.370 e. The molecule has 0 aliphatic carbocycles. The number of aromatic nitrogens is 2. The summed E-state index contributed by atoms with van der Waals surface area (Å²) in [4.78, 5) is 13.8. The maximum atomic E-state index is 11.6. The lowest BCUT2D eigenvalue weighted by molar-refractivity contribution is 0.101. The van der Waals surface area contributed by atoms with Gasteiger partial charge in [-0.3, -0.25) is 9.48 Å². The number of benzene rings is 1. The molecule has 1 aliphatic rings. The lowest BCUT2D eigenvalue weighted by atomic mass is 9.91. The molecule has 0 N–H and O–H groups in total. The van der Waals surface area contributed by atoms with Crippen LogP contribution in [-0.4, -0.2) is 28.7 Å². The van der Waals surface area contributed by atoms with Gasteiger partial charge in [-0.05, 0) is 49.4 Å². The van der Waals surface area contributed by atoms with Crippen molar-refractivity contribution in [3.8, 4) is 6.07 Å². The standard InChI is InChI=1S/C18H20N4O/c1-13(23)15-3-4-16(10-19)18(9-15)22-7-5-14(6-8-22)17-11-20-21(2)12-17/h3-4,9,11-12,14H,5-8H2,1-2H3. The van der Waals surface area contributed by atoms with Crippen molar-refractivity contribution >= 4 is 11.5 Å². The second-order valence-electron chi connectivity index (χ2n) is 6.11. The van der Waals surface area contributed by atoms with Gasteiger partial charge in [0.05, 0.1) is 17.4 Å². The quantitative estimate of drug-likeness (QED) is 0.818. The number of nitriles is 1. The number of hydrogen-bond acceptors (Lipinski definition) is 4. The van der Waals surface area contributed by atoms with E-state index in [2.05, 4.69) is 22.3 Å². The van der Waals surface area contributed by atoms with Crippen molar-refractivity contribution in [3.63, 3.8) is 0 Å². The smallest absolute Gasteiger partial charge is 0.159 e. The number of aryl methyl sites for hydroxylation is 1. The number of Topliss-reactive ketones (excluding diaryl/α,β-unsaturated/α-hetero) is 1. The fourth-order valence-electron chi connectivity index (χ4n) is 3.21. The van der Waals surface area contributed by atoms with E-state index in [0.29, 0.717) is 17.0 Å². The number of nitrogens with zero attached hydrogens (tertiary/aromatic N) is 4. The number of carbonyl (C=O) groups excluding carboxylic acids is 1. The summed E-state index contributed by atoms with van der Waals surface area (Å²) in [6, 6.07) is 7.57. The minimum absolute atomic E-state index is 0.0287. The van der Waals surface area contributed by atoms with Crippen LogP contribution >= 0.6 is 0 Å². The molecule has 2 aromatic rings. The largest absolute Gasteiger partial charge is 0.370 e. The number of piperidine rings is 1. The molecule has 5 nitrogen and oxygen atoms in total. The molecule has 1 aliphatic heterocycles. The average molecular weight is 308 g/mol. The van der Waals surface area contributed by atoms with E-state index in [1.807, 2.05) is 24.0 Å². The molecule has 1 aromatic heterocycles. The number of anilines is 1. The van der Waals surface area contributed by atoms with Crippen LogP contribution in [0.5, 0.6) is 0 Å². The van der Waals surface area contributed by atoms with E-state index in [1.54, 1.807) is 19.1 Å². The van der Waals surface area contributed by atoms with Crippen molar-refractivity contribution in [2.75, 3.05) is 18.0 Å². The van der Waals surface area contributed by atoms with Crippen LogP contribution in [-0.2, 0) is 7.05 Å². The summed E-state index contributed by atoms with van der Waals surface area (Å²) in [5.41, 5.74) is 3.46. The molecule has 0 saturated carbocycles. The van der Waals surface area contributed by atoms with Gasteiger partial charge in [0.25, 0.3) is 0 Å². The Morgan fingerprint density at radius 3 is 2.65 bits per heavy atom. The van der Waals surface area contributed by atoms with Gasteiger partial charge in [-0.25, -0.2) is 0 Å². The second kappa shape index (κ2) is 6.25. The van der Waals surface area contributed by atoms with E-state index in [9.17, 15) is 10.1 Å². The van der Waals surface area contributed by atoms with E-state index in [1.165, 1.54) is 5.56 Å². The highest BCUT2D eigenvalue weighted by Gasteiger charge is 2.23. The molecule has 1 fully saturated rings. The van der Waals surface area contributed by atoms with Crippen LogP contribution in [0.1, 0.15) is 47.2 Å². The fraction of sp³-hybridized carbons (Fsp3) is 0.389. The summed E-state index contributed by atoms with van der Waals surface area (Å²) < 4.78 is 1.84. The first-order valence-corrected chi connectivity index (χ1v) is 7.87. The van der Waals surface area contributed by atoms with Crippen LogP contribution in [0.3, 0.4) is 0 Å². The highest BCUT2D eigenvalue weighted by atomic mass is 16.1. The summed E-state index contributed by atoms with van der Waals surface area (Å²) in [6.45, 7) is 3.32. The molecule has 0 atom stereocenters. The van der Waals surface area contributed by atoms with E-state index < -0.39 is 0 Å². The van der Waals surface area contributed by atoms with E-state index >= 15 is 0 Å². The van der Waals surface area contributed by atoms with Gasteiger partial charge in [-0.2, -0.15) is 10.4 Å². The van der Waals surface area contributed by atoms with Crippen molar-refractivity contribution in [1.82, 2.24) is 9.78 Å². The molecular weight excluding hydrogens is 288 g/mol. The Morgan fingerprint density at radius 2 is 2.09 bits per heavy atom. The SMILES string of the molecule is CC(=O)c1ccc(C#N)c(N2CCC(c3cnn(C)c3)CC2)c1. The molecule has 0 bridgehead atoms. The third-order valence-electron chi connectivity index (χ3n) is 4.56. The van der Waals surface area contributed by atoms with Gasteiger partial charge in [0, 0.05) is 31.9 Å². The third kappa shape index (κ3) is 3.11. The van der Waals surface area contributed by atoms with E-state index in [4.69, 9.17) is 0 Å². The first kappa shape index (κ1) is 15.3. The minimum atomic E-state index is 0.0287. The molecule has 3 rings (SSSR count). The Kier molecular flexibility index (Phi) is 4.16. The lowest BCUT2D eigenvalue weighted by Crippen LogP contribution is -2.33. The van der Waals surface area contributed by atoms with Crippen molar-refractivity contribution in [1.29, 1.82) is 5.26 Å². The Labute approximate surface area is 136 Å². The van der Waals surface area contributed by atoms with Crippen LogP contribution in [0.15, 0.2) is 30.6 Å². The maximum Gasteiger partial charge on any atom is 0.159 e. The summed E-state index contributed by atoms with van der Waals surface area (Å²) in [7, 11) is 1.94. The molecular formula is C18H20N4O. The topological polar surface area (TPSA) is 61.9 Å². The van der Waals surface area contributed by atoms with E-state index in [0.717, 1.165) is 31.6 Å². The Hall–Kier alpha value is -2.61. The Morgan fingerprint density at radius 1 is 1.35 bits per heavy atom. The molecule has 23 heavy (non-hydrogen) atoms. The normalized spacial score (nSPS) is 15.4. The van der Waals surface area contributed by atoms with E-state index in [-0.39, 0.29) is 5.78 Å². The zero-order valence-corrected chi connectivity index (χ0v) is 13.5. The first-order valence-electron chi connectivity index (χ1n) is 7.87. The highest BCUT2D eigenvalue weighted by Crippen LogP contribution is 2.32. The molecule has 0 amide bonds. The van der Waals surface area contributed by atoms with Crippen LogP contribution in [0.4, 0.5) is 5.69 Å². The van der Waals surface area contributed by atoms with Crippen LogP contribution in [0, 0.1) is 11.3 Å². The van der Waals surface area contributed by atoms with Crippen molar-refractivity contribution < 1.29 is 4.79 Å². The van der Waals surface area contributed by atoms with Crippen LogP contribution in [0.25, 0.3) is 0 Å². The van der Waals surface area contributed by atoms with Crippen molar-refractivity contribution in [2.24, 2.45) is 7.05 Å². The molecule has 2 heterocycles. The van der Waals surface area contributed by atoms with Gasteiger partial charge in [0.15, 0.2) is 5.78 Å². The summed E-state index contributed by atoms with van der Waals surface area (Å²) in [5, 5.41) is 13.6. The molecule has 0 radical (unpaired) electrons. The number of ketones is 1. The van der Waals surface area contributed by atoms with Gasteiger partial charge >= 0.3 is 0 Å². The van der Waals surface area contributed by atoms with Gasteiger partial charge in [0.2, 0.25) is 0 Å². The van der Waals surface area contributed by atoms with Gasteiger partial charge in [-0.15, -0.1) is 0 Å². The second-order valence-corrected chi connectivity index (χ2v) is 6.11. The monoisotopic (exact) mass is 308 g/mol. The van der Waals surface area contributed by atoms with Crippen LogP contribution in [0.2, 0.25) is 0 Å². The molecule has 0 unspecified atom stereocenters. The number of hydrogen-bond donors (Lipinski definition) is 0. The molecule has 1 aromatic carbocycles. The molecule has 0 spiro atoms. The molecule has 1 saturated heterocycles. The fourth-order valence-corrected chi connectivity index (χ4v) is 3.21. The van der Waals surface area contributed by atoms with Gasteiger partial charge in [-0.1, -0.05) is 0 Å².